The molecule has 1 saturated carbocycles. The van der Waals surface area contributed by atoms with Crippen molar-refractivity contribution < 1.29 is 5.11 Å². The molecule has 1 aromatic carbocycles. The summed E-state index contributed by atoms with van der Waals surface area (Å²) in [6.45, 7) is 0.615. The van der Waals surface area contributed by atoms with Crippen LogP contribution in [-0.2, 0) is 13.0 Å². The fraction of sp³-hybridized carbons (Fsp3) is 0.333. The Bertz CT molecular complexity index is 1110. The number of fused-ring (bicyclic) bond motifs is 2. The van der Waals surface area contributed by atoms with Crippen LogP contribution in [0.1, 0.15) is 30.5 Å². The summed E-state index contributed by atoms with van der Waals surface area (Å²) in [5.41, 5.74) is 4.72. The lowest BCUT2D eigenvalue weighted by Crippen LogP contribution is -2.16. The summed E-state index contributed by atoms with van der Waals surface area (Å²) in [7, 11) is 0. The van der Waals surface area contributed by atoms with Gasteiger partial charge in [-0.2, -0.15) is 0 Å². The molecule has 2 atom stereocenters. The maximum absolute atomic E-state index is 10.1. The Balaban J connectivity index is 1.44. The SMILES string of the molecule is O[C@@H]1CCC[C@@H]1Cc1ccc2nnn(Cc3ccc4ncccc4c3)c2n1. The summed E-state index contributed by atoms with van der Waals surface area (Å²) in [5.74, 6) is 0.312. The summed E-state index contributed by atoms with van der Waals surface area (Å²) in [4.78, 5) is 9.17. The molecule has 0 aliphatic heterocycles. The Morgan fingerprint density at radius 2 is 2.00 bits per heavy atom. The zero-order valence-corrected chi connectivity index (χ0v) is 15.0. The molecule has 27 heavy (non-hydrogen) atoms. The molecular formula is C21H21N5O. The highest BCUT2D eigenvalue weighted by atomic mass is 16.3. The molecular weight excluding hydrogens is 338 g/mol. The maximum Gasteiger partial charge on any atom is 0.179 e. The van der Waals surface area contributed by atoms with Gasteiger partial charge >= 0.3 is 0 Å². The maximum atomic E-state index is 10.1. The number of hydrogen-bond acceptors (Lipinski definition) is 5. The van der Waals surface area contributed by atoms with E-state index in [2.05, 4.69) is 33.5 Å². The van der Waals surface area contributed by atoms with Crippen LogP contribution in [0, 0.1) is 5.92 Å². The molecule has 0 spiro atoms. The summed E-state index contributed by atoms with van der Waals surface area (Å²) < 4.78 is 1.85. The van der Waals surface area contributed by atoms with Crippen LogP contribution in [0.3, 0.4) is 0 Å². The molecule has 1 fully saturated rings. The van der Waals surface area contributed by atoms with Crippen LogP contribution in [0.4, 0.5) is 0 Å². The molecule has 0 radical (unpaired) electrons. The first kappa shape index (κ1) is 16.3. The molecule has 0 unspecified atom stereocenters. The van der Waals surface area contributed by atoms with Gasteiger partial charge in [-0.05, 0) is 61.1 Å². The first-order chi connectivity index (χ1) is 13.3. The zero-order chi connectivity index (χ0) is 18.2. The third-order valence-corrected chi connectivity index (χ3v) is 5.51. The molecule has 0 saturated heterocycles. The van der Waals surface area contributed by atoms with Crippen molar-refractivity contribution in [2.24, 2.45) is 5.92 Å². The Hall–Kier alpha value is -2.86. The Labute approximate surface area is 156 Å². The molecule has 1 aliphatic rings. The van der Waals surface area contributed by atoms with E-state index in [1.165, 1.54) is 0 Å². The summed E-state index contributed by atoms with van der Waals surface area (Å²) in [6.07, 6.45) is 5.50. The average Bonchev–Trinajstić information content (AvgIpc) is 3.28. The second-order valence-electron chi connectivity index (χ2n) is 7.39. The third-order valence-electron chi connectivity index (χ3n) is 5.51. The van der Waals surface area contributed by atoms with Crippen LogP contribution in [0.5, 0.6) is 0 Å². The third kappa shape index (κ3) is 3.17. The quantitative estimate of drug-likeness (QED) is 0.606. The summed E-state index contributed by atoms with van der Waals surface area (Å²) in [5, 5.41) is 19.8. The van der Waals surface area contributed by atoms with Crippen LogP contribution < -0.4 is 0 Å². The predicted molar refractivity (Wildman–Crippen MR) is 103 cm³/mol. The fourth-order valence-electron chi connectivity index (χ4n) is 4.03. The van der Waals surface area contributed by atoms with E-state index in [1.807, 2.05) is 28.9 Å². The molecule has 6 nitrogen and oxygen atoms in total. The van der Waals surface area contributed by atoms with E-state index in [0.29, 0.717) is 12.5 Å². The van der Waals surface area contributed by atoms with Gasteiger partial charge in [0.15, 0.2) is 5.65 Å². The van der Waals surface area contributed by atoms with Crippen molar-refractivity contribution >= 4 is 22.1 Å². The van der Waals surface area contributed by atoms with Gasteiger partial charge < -0.3 is 5.11 Å². The van der Waals surface area contributed by atoms with E-state index in [4.69, 9.17) is 4.98 Å². The molecule has 6 heteroatoms. The van der Waals surface area contributed by atoms with Crippen molar-refractivity contribution in [2.45, 2.75) is 38.3 Å². The second-order valence-corrected chi connectivity index (χ2v) is 7.39. The van der Waals surface area contributed by atoms with Gasteiger partial charge in [-0.3, -0.25) is 4.98 Å². The lowest BCUT2D eigenvalue weighted by atomic mass is 9.99. The predicted octanol–water partition coefficient (Wildman–Crippen LogP) is 3.13. The van der Waals surface area contributed by atoms with E-state index in [0.717, 1.165) is 59.0 Å². The lowest BCUT2D eigenvalue weighted by Gasteiger charge is -2.13. The number of pyridine rings is 2. The van der Waals surface area contributed by atoms with Crippen molar-refractivity contribution in [2.75, 3.05) is 0 Å². The van der Waals surface area contributed by atoms with Crippen LogP contribution >= 0.6 is 0 Å². The van der Waals surface area contributed by atoms with Crippen LogP contribution in [0.2, 0.25) is 0 Å². The molecule has 3 aromatic heterocycles. The van der Waals surface area contributed by atoms with Crippen molar-refractivity contribution in [3.63, 3.8) is 0 Å². The van der Waals surface area contributed by atoms with E-state index < -0.39 is 0 Å². The number of nitrogens with zero attached hydrogens (tertiary/aromatic N) is 5. The van der Waals surface area contributed by atoms with Gasteiger partial charge in [0.05, 0.1) is 18.2 Å². The van der Waals surface area contributed by atoms with E-state index >= 15 is 0 Å². The van der Waals surface area contributed by atoms with Crippen molar-refractivity contribution in [1.29, 1.82) is 0 Å². The topological polar surface area (TPSA) is 76.7 Å². The molecule has 4 aromatic rings. The van der Waals surface area contributed by atoms with Gasteiger partial charge in [0.2, 0.25) is 0 Å². The molecule has 1 N–H and O–H groups in total. The Morgan fingerprint density at radius 3 is 2.89 bits per heavy atom. The minimum Gasteiger partial charge on any atom is -0.393 e. The number of aliphatic hydroxyl groups is 1. The first-order valence-electron chi connectivity index (χ1n) is 9.47. The van der Waals surface area contributed by atoms with E-state index in [9.17, 15) is 5.11 Å². The van der Waals surface area contributed by atoms with Gasteiger partial charge in [0, 0.05) is 17.3 Å². The zero-order valence-electron chi connectivity index (χ0n) is 15.0. The molecule has 0 bridgehead atoms. The smallest absolute Gasteiger partial charge is 0.179 e. The molecule has 5 rings (SSSR count). The highest BCUT2D eigenvalue weighted by Crippen LogP contribution is 2.28. The highest BCUT2D eigenvalue weighted by Gasteiger charge is 2.25. The van der Waals surface area contributed by atoms with E-state index in [1.54, 1.807) is 6.20 Å². The van der Waals surface area contributed by atoms with Gasteiger partial charge in [-0.25, -0.2) is 9.67 Å². The number of rotatable bonds is 4. The number of benzene rings is 1. The van der Waals surface area contributed by atoms with Crippen LogP contribution in [0.25, 0.3) is 22.1 Å². The lowest BCUT2D eigenvalue weighted by molar-refractivity contribution is 0.132. The van der Waals surface area contributed by atoms with E-state index in [-0.39, 0.29) is 6.10 Å². The first-order valence-corrected chi connectivity index (χ1v) is 9.47. The normalized spacial score (nSPS) is 19.9. The van der Waals surface area contributed by atoms with Gasteiger partial charge in [-0.1, -0.05) is 23.8 Å². The van der Waals surface area contributed by atoms with Crippen molar-refractivity contribution in [3.8, 4) is 0 Å². The summed E-state index contributed by atoms with van der Waals surface area (Å²) >= 11 is 0. The molecule has 136 valence electrons. The largest absolute Gasteiger partial charge is 0.393 e. The number of hydrogen-bond donors (Lipinski definition) is 1. The number of aliphatic hydroxyl groups excluding tert-OH is 1. The second kappa shape index (κ2) is 6.70. The fourth-order valence-corrected chi connectivity index (χ4v) is 4.03. The highest BCUT2D eigenvalue weighted by molar-refractivity contribution is 5.79. The molecule has 0 amide bonds. The van der Waals surface area contributed by atoms with Gasteiger partial charge in [-0.15, -0.1) is 5.10 Å². The van der Waals surface area contributed by atoms with Crippen LogP contribution in [0.15, 0.2) is 48.7 Å². The van der Waals surface area contributed by atoms with Crippen molar-refractivity contribution in [1.82, 2.24) is 25.0 Å². The minimum atomic E-state index is -0.197. The standard InChI is InChI=1S/C21H21N5O/c27-20-5-1-3-16(20)12-17-7-9-19-21(23-17)26(25-24-19)13-14-6-8-18-15(11-14)4-2-10-22-18/h2,4,6-11,16,20,27H,1,3,5,12-13H2/t16-,20-/m1/s1. The van der Waals surface area contributed by atoms with Gasteiger partial charge in [0.1, 0.15) is 5.52 Å². The van der Waals surface area contributed by atoms with Crippen molar-refractivity contribution in [3.05, 3.63) is 59.9 Å². The minimum absolute atomic E-state index is 0.197. The summed E-state index contributed by atoms with van der Waals surface area (Å²) in [6, 6.07) is 14.2. The number of aromatic nitrogens is 5. The van der Waals surface area contributed by atoms with Crippen LogP contribution in [-0.4, -0.2) is 36.2 Å². The monoisotopic (exact) mass is 359 g/mol. The van der Waals surface area contributed by atoms with Gasteiger partial charge in [0.25, 0.3) is 0 Å². The molecule has 1 aliphatic carbocycles. The Morgan fingerprint density at radius 1 is 1.07 bits per heavy atom. The average molecular weight is 359 g/mol. The molecule has 3 heterocycles. The Kier molecular flexibility index (Phi) is 4.05.